The first-order valence-corrected chi connectivity index (χ1v) is 5.04. The fraction of sp³-hybridized carbons (Fsp3) is 0.667. The first-order valence-electron chi connectivity index (χ1n) is 5.04. The smallest absolute Gasteiger partial charge is 0.00147 e. The van der Waals surface area contributed by atoms with E-state index in [2.05, 4.69) is 38.7 Å². The average molecular weight is 165 g/mol. The molecule has 0 aliphatic heterocycles. The van der Waals surface area contributed by atoms with Crippen LogP contribution in [0.5, 0.6) is 0 Å². The van der Waals surface area contributed by atoms with Gasteiger partial charge in [-0.15, -0.1) is 0 Å². The van der Waals surface area contributed by atoms with E-state index in [1.54, 1.807) is 0 Å². The Morgan fingerprint density at radius 1 is 1.33 bits per heavy atom. The normalized spacial score (nSPS) is 13.5. The molecule has 0 N–H and O–H groups in total. The monoisotopic (exact) mass is 165 g/mol. The summed E-state index contributed by atoms with van der Waals surface area (Å²) in [7, 11) is 0. The van der Waals surface area contributed by atoms with Crippen LogP contribution in [0.1, 0.15) is 46.0 Å². The molecule has 12 heavy (non-hydrogen) atoms. The molecule has 0 aromatic carbocycles. The second kappa shape index (κ2) is 8.58. The number of rotatable bonds is 7. The van der Waals surface area contributed by atoms with Crippen molar-refractivity contribution in [2.75, 3.05) is 0 Å². The van der Waals surface area contributed by atoms with E-state index in [0.29, 0.717) is 5.92 Å². The van der Waals surface area contributed by atoms with Crippen molar-refractivity contribution in [1.82, 2.24) is 0 Å². The fourth-order valence-corrected chi connectivity index (χ4v) is 1.16. The van der Waals surface area contributed by atoms with E-state index in [1.807, 2.05) is 0 Å². The first kappa shape index (κ1) is 11.5. The SMILES string of the molecule is C=[C]C(C=CCCCC)CCC. The van der Waals surface area contributed by atoms with Crippen LogP contribution in [-0.4, -0.2) is 0 Å². The highest BCUT2D eigenvalue weighted by atomic mass is 14.0. The van der Waals surface area contributed by atoms with E-state index in [-0.39, 0.29) is 0 Å². The predicted octanol–water partition coefficient (Wildman–Crippen LogP) is 4.14. The number of hydrogen-bond acceptors (Lipinski definition) is 0. The van der Waals surface area contributed by atoms with Crippen molar-refractivity contribution in [3.63, 3.8) is 0 Å². The Hall–Kier alpha value is -0.520. The van der Waals surface area contributed by atoms with Gasteiger partial charge in [0.15, 0.2) is 0 Å². The lowest BCUT2D eigenvalue weighted by Crippen LogP contribution is -1.89. The average Bonchev–Trinajstić information content (AvgIpc) is 2.10. The molecule has 0 aromatic rings. The molecule has 0 aliphatic carbocycles. The molecule has 0 aromatic heterocycles. The van der Waals surface area contributed by atoms with Crippen LogP contribution >= 0.6 is 0 Å². The van der Waals surface area contributed by atoms with Crippen LogP contribution in [0.4, 0.5) is 0 Å². The van der Waals surface area contributed by atoms with Crippen molar-refractivity contribution in [3.05, 3.63) is 24.8 Å². The second-order valence-corrected chi connectivity index (χ2v) is 3.17. The van der Waals surface area contributed by atoms with E-state index >= 15 is 0 Å². The van der Waals surface area contributed by atoms with Gasteiger partial charge in [-0.1, -0.05) is 51.8 Å². The Labute approximate surface area is 77.4 Å². The summed E-state index contributed by atoms with van der Waals surface area (Å²) in [5, 5.41) is 0. The summed E-state index contributed by atoms with van der Waals surface area (Å²) in [6.07, 6.45) is 13.7. The maximum atomic E-state index is 3.70. The second-order valence-electron chi connectivity index (χ2n) is 3.17. The van der Waals surface area contributed by atoms with Crippen LogP contribution in [0.2, 0.25) is 0 Å². The van der Waals surface area contributed by atoms with E-state index in [9.17, 15) is 0 Å². The Kier molecular flexibility index (Phi) is 8.20. The lowest BCUT2D eigenvalue weighted by Gasteiger charge is -2.02. The molecule has 0 saturated carbocycles. The van der Waals surface area contributed by atoms with Crippen molar-refractivity contribution in [1.29, 1.82) is 0 Å². The van der Waals surface area contributed by atoms with E-state index < -0.39 is 0 Å². The fourth-order valence-electron chi connectivity index (χ4n) is 1.16. The Bertz CT molecular complexity index is 122. The van der Waals surface area contributed by atoms with E-state index in [1.165, 1.54) is 32.1 Å². The van der Waals surface area contributed by atoms with Crippen molar-refractivity contribution in [2.24, 2.45) is 5.92 Å². The maximum absolute atomic E-state index is 3.70. The van der Waals surface area contributed by atoms with E-state index in [0.717, 1.165) is 0 Å². The van der Waals surface area contributed by atoms with Crippen molar-refractivity contribution in [3.8, 4) is 0 Å². The topological polar surface area (TPSA) is 0 Å². The molecule has 0 rings (SSSR count). The molecule has 1 unspecified atom stereocenters. The molecule has 0 amide bonds. The van der Waals surface area contributed by atoms with Gasteiger partial charge in [-0.25, -0.2) is 0 Å². The van der Waals surface area contributed by atoms with Gasteiger partial charge in [0.2, 0.25) is 0 Å². The number of unbranched alkanes of at least 4 members (excludes halogenated alkanes) is 2. The lowest BCUT2D eigenvalue weighted by molar-refractivity contribution is 0.673. The van der Waals surface area contributed by atoms with Crippen molar-refractivity contribution >= 4 is 0 Å². The van der Waals surface area contributed by atoms with Gasteiger partial charge in [-0.3, -0.25) is 0 Å². The van der Waals surface area contributed by atoms with Gasteiger partial charge in [-0.05, 0) is 18.9 Å². The summed E-state index contributed by atoms with van der Waals surface area (Å²) in [6, 6.07) is 0. The van der Waals surface area contributed by atoms with Gasteiger partial charge in [-0.2, -0.15) is 0 Å². The summed E-state index contributed by atoms with van der Waals surface area (Å²) in [6.45, 7) is 8.12. The highest BCUT2D eigenvalue weighted by molar-refractivity contribution is 4.92. The maximum Gasteiger partial charge on any atom is 0.00147 e. The molecule has 0 nitrogen and oxygen atoms in total. The summed E-state index contributed by atoms with van der Waals surface area (Å²) < 4.78 is 0. The van der Waals surface area contributed by atoms with E-state index in [4.69, 9.17) is 0 Å². The molecule has 69 valence electrons. The highest BCUT2D eigenvalue weighted by Crippen LogP contribution is 2.09. The van der Waals surface area contributed by atoms with Crippen LogP contribution in [-0.2, 0) is 0 Å². The van der Waals surface area contributed by atoms with Crippen LogP contribution in [0.3, 0.4) is 0 Å². The third kappa shape index (κ3) is 6.21. The van der Waals surface area contributed by atoms with Gasteiger partial charge in [0.25, 0.3) is 0 Å². The molecule has 0 aliphatic rings. The Morgan fingerprint density at radius 2 is 2.08 bits per heavy atom. The molecule has 0 spiro atoms. The Balaban J connectivity index is 3.53. The van der Waals surface area contributed by atoms with Crippen LogP contribution in [0, 0.1) is 12.0 Å². The largest absolute Gasteiger partial charge is 0.0950 e. The van der Waals surface area contributed by atoms with Crippen molar-refractivity contribution < 1.29 is 0 Å². The molecule has 0 bridgehead atoms. The quantitative estimate of drug-likeness (QED) is 0.393. The molecular formula is C12H21. The summed E-state index contributed by atoms with van der Waals surface area (Å²) in [5.74, 6) is 0.479. The van der Waals surface area contributed by atoms with Gasteiger partial charge in [0.05, 0.1) is 0 Å². The minimum Gasteiger partial charge on any atom is -0.0950 e. The van der Waals surface area contributed by atoms with Crippen LogP contribution in [0.25, 0.3) is 0 Å². The van der Waals surface area contributed by atoms with Crippen LogP contribution in [0.15, 0.2) is 18.7 Å². The third-order valence-corrected chi connectivity index (χ3v) is 1.95. The van der Waals surface area contributed by atoms with Gasteiger partial charge < -0.3 is 0 Å². The molecule has 1 radical (unpaired) electrons. The molecule has 0 heterocycles. The zero-order chi connectivity index (χ0) is 9.23. The van der Waals surface area contributed by atoms with Gasteiger partial charge in [0, 0.05) is 5.92 Å². The standard InChI is InChI=1S/C12H21/c1-4-7-8-9-11-12(6-3)10-5-2/h9,11-12H,3-5,7-8,10H2,1-2H3. The lowest BCUT2D eigenvalue weighted by atomic mass is 10.0. The molecule has 0 saturated heterocycles. The molecule has 0 fully saturated rings. The minimum atomic E-state index is 0.479. The van der Waals surface area contributed by atoms with Gasteiger partial charge in [0.1, 0.15) is 0 Å². The molecule has 1 atom stereocenters. The summed E-state index contributed by atoms with van der Waals surface area (Å²) in [4.78, 5) is 0. The van der Waals surface area contributed by atoms with Gasteiger partial charge >= 0.3 is 0 Å². The summed E-state index contributed by atoms with van der Waals surface area (Å²) in [5.41, 5.74) is 0. The van der Waals surface area contributed by atoms with Crippen molar-refractivity contribution in [2.45, 2.75) is 46.0 Å². The zero-order valence-corrected chi connectivity index (χ0v) is 8.47. The van der Waals surface area contributed by atoms with Crippen LogP contribution < -0.4 is 0 Å². The molecular weight excluding hydrogens is 144 g/mol. The summed E-state index contributed by atoms with van der Waals surface area (Å²) >= 11 is 0. The minimum absolute atomic E-state index is 0.479. The number of hydrogen-bond donors (Lipinski definition) is 0. The third-order valence-electron chi connectivity index (χ3n) is 1.95. The molecule has 0 heteroatoms. The first-order chi connectivity index (χ1) is 5.85. The zero-order valence-electron chi connectivity index (χ0n) is 8.47. The number of allylic oxidation sites excluding steroid dienone is 3. The highest BCUT2D eigenvalue weighted by Gasteiger charge is 1.95. The predicted molar refractivity (Wildman–Crippen MR) is 55.9 cm³/mol. The Morgan fingerprint density at radius 3 is 2.58 bits per heavy atom.